The lowest BCUT2D eigenvalue weighted by Gasteiger charge is -2.27. The molecule has 0 aliphatic rings. The van der Waals surface area contributed by atoms with E-state index in [4.69, 9.17) is 5.11 Å². The SMILES string of the molecule is CC(=O)c1cccc(C(F)(F)CCC(C)(C)NC(=O)O)c1F. The van der Waals surface area contributed by atoms with Gasteiger partial charge < -0.3 is 10.4 Å². The predicted octanol–water partition coefficient (Wildman–Crippen LogP) is 3.95. The number of carbonyl (C=O) groups is 2. The molecular weight excluding hydrogens is 299 g/mol. The molecule has 0 aliphatic carbocycles. The van der Waals surface area contributed by atoms with E-state index in [9.17, 15) is 22.8 Å². The molecule has 0 unspecified atom stereocenters. The van der Waals surface area contributed by atoms with Gasteiger partial charge in [0.2, 0.25) is 0 Å². The van der Waals surface area contributed by atoms with Crippen LogP contribution in [0.3, 0.4) is 0 Å². The molecule has 0 atom stereocenters. The molecule has 1 aromatic rings. The molecule has 1 aromatic carbocycles. The van der Waals surface area contributed by atoms with E-state index in [1.54, 1.807) is 0 Å². The number of ketones is 1. The summed E-state index contributed by atoms with van der Waals surface area (Å²) < 4.78 is 42.4. The number of alkyl halides is 2. The van der Waals surface area contributed by atoms with Gasteiger partial charge in [-0.05, 0) is 33.3 Å². The van der Waals surface area contributed by atoms with Crippen molar-refractivity contribution < 1.29 is 27.9 Å². The van der Waals surface area contributed by atoms with Gasteiger partial charge in [0.25, 0.3) is 5.92 Å². The lowest BCUT2D eigenvalue weighted by atomic mass is 9.92. The van der Waals surface area contributed by atoms with E-state index in [0.717, 1.165) is 19.1 Å². The van der Waals surface area contributed by atoms with Crippen LogP contribution in [0.15, 0.2) is 18.2 Å². The monoisotopic (exact) mass is 317 g/mol. The lowest BCUT2D eigenvalue weighted by molar-refractivity contribution is -0.0241. The summed E-state index contributed by atoms with van der Waals surface area (Å²) in [6.07, 6.45) is -2.27. The van der Waals surface area contributed by atoms with Crippen LogP contribution in [0.25, 0.3) is 0 Å². The Morgan fingerprint density at radius 1 is 1.23 bits per heavy atom. The van der Waals surface area contributed by atoms with Gasteiger partial charge in [-0.1, -0.05) is 12.1 Å². The Morgan fingerprint density at radius 2 is 1.82 bits per heavy atom. The highest BCUT2D eigenvalue weighted by atomic mass is 19.3. The standard InChI is InChI=1S/C15H18F3NO3/c1-9(20)10-5-4-6-11(12(10)16)15(17,18)8-7-14(2,3)19-13(21)22/h4-6,19H,7-8H2,1-3H3,(H,21,22). The molecule has 1 rings (SSSR count). The quantitative estimate of drug-likeness (QED) is 0.781. The molecule has 4 nitrogen and oxygen atoms in total. The van der Waals surface area contributed by atoms with Crippen LogP contribution in [-0.4, -0.2) is 22.5 Å². The fourth-order valence-corrected chi connectivity index (χ4v) is 2.04. The molecule has 0 saturated heterocycles. The molecular formula is C15H18F3NO3. The summed E-state index contributed by atoms with van der Waals surface area (Å²) in [7, 11) is 0. The van der Waals surface area contributed by atoms with Crippen LogP contribution in [0.2, 0.25) is 0 Å². The maximum absolute atomic E-state index is 14.2. The van der Waals surface area contributed by atoms with Gasteiger partial charge in [-0.25, -0.2) is 18.0 Å². The van der Waals surface area contributed by atoms with Crippen molar-refractivity contribution in [1.82, 2.24) is 5.32 Å². The zero-order valence-electron chi connectivity index (χ0n) is 12.5. The second-order valence-electron chi connectivity index (χ2n) is 5.74. The molecule has 0 aromatic heterocycles. The Bertz CT molecular complexity index is 585. The first-order valence-electron chi connectivity index (χ1n) is 6.65. The number of Topliss-reactive ketones (excluding diaryl/α,β-unsaturated/α-hetero) is 1. The molecule has 0 spiro atoms. The largest absolute Gasteiger partial charge is 0.465 e. The van der Waals surface area contributed by atoms with Crippen LogP contribution >= 0.6 is 0 Å². The van der Waals surface area contributed by atoms with E-state index in [1.165, 1.54) is 19.9 Å². The molecule has 1 amide bonds. The number of amides is 1. The number of benzene rings is 1. The van der Waals surface area contributed by atoms with Crippen molar-refractivity contribution in [2.75, 3.05) is 0 Å². The number of hydrogen-bond donors (Lipinski definition) is 2. The first-order chi connectivity index (χ1) is 9.96. The van der Waals surface area contributed by atoms with Crippen molar-refractivity contribution in [3.63, 3.8) is 0 Å². The minimum absolute atomic E-state index is 0.198. The summed E-state index contributed by atoms with van der Waals surface area (Å²) in [5.41, 5.74) is -2.32. The smallest absolute Gasteiger partial charge is 0.405 e. The van der Waals surface area contributed by atoms with E-state index in [0.29, 0.717) is 0 Å². The highest BCUT2D eigenvalue weighted by Crippen LogP contribution is 2.37. The van der Waals surface area contributed by atoms with Crippen molar-refractivity contribution in [2.24, 2.45) is 0 Å². The number of carbonyl (C=O) groups excluding carboxylic acids is 1. The van der Waals surface area contributed by atoms with Gasteiger partial charge in [-0.3, -0.25) is 4.79 Å². The average Bonchev–Trinajstić information content (AvgIpc) is 2.35. The van der Waals surface area contributed by atoms with Crippen LogP contribution in [0, 0.1) is 5.82 Å². The zero-order valence-corrected chi connectivity index (χ0v) is 12.5. The summed E-state index contributed by atoms with van der Waals surface area (Å²) in [6.45, 7) is 4.01. The Kier molecular flexibility index (Phi) is 5.22. The third kappa shape index (κ3) is 4.47. The lowest BCUT2D eigenvalue weighted by Crippen LogP contribution is -2.43. The van der Waals surface area contributed by atoms with Crippen molar-refractivity contribution >= 4 is 11.9 Å². The second-order valence-corrected chi connectivity index (χ2v) is 5.74. The molecule has 22 heavy (non-hydrogen) atoms. The van der Waals surface area contributed by atoms with Gasteiger partial charge >= 0.3 is 6.09 Å². The minimum Gasteiger partial charge on any atom is -0.465 e. The number of rotatable bonds is 6. The van der Waals surface area contributed by atoms with E-state index >= 15 is 0 Å². The fraction of sp³-hybridized carbons (Fsp3) is 0.467. The van der Waals surface area contributed by atoms with E-state index in [1.807, 2.05) is 0 Å². The van der Waals surface area contributed by atoms with Gasteiger partial charge in [-0.15, -0.1) is 0 Å². The molecule has 0 bridgehead atoms. The molecule has 0 radical (unpaired) electrons. The van der Waals surface area contributed by atoms with Crippen molar-refractivity contribution in [3.8, 4) is 0 Å². The first-order valence-corrected chi connectivity index (χ1v) is 6.65. The minimum atomic E-state index is -3.51. The van der Waals surface area contributed by atoms with Gasteiger partial charge in [0.05, 0.1) is 11.1 Å². The van der Waals surface area contributed by atoms with Crippen LogP contribution in [0.4, 0.5) is 18.0 Å². The molecule has 0 heterocycles. The first kappa shape index (κ1) is 18.0. The Labute approximate surface area is 126 Å². The zero-order chi connectivity index (χ0) is 17.1. The predicted molar refractivity (Wildman–Crippen MR) is 74.8 cm³/mol. The van der Waals surface area contributed by atoms with E-state index in [2.05, 4.69) is 5.32 Å². The number of hydrogen-bond acceptors (Lipinski definition) is 2. The van der Waals surface area contributed by atoms with Gasteiger partial charge in [0, 0.05) is 12.0 Å². The Morgan fingerprint density at radius 3 is 2.32 bits per heavy atom. The molecule has 122 valence electrons. The topological polar surface area (TPSA) is 66.4 Å². The highest BCUT2D eigenvalue weighted by Gasteiger charge is 2.37. The molecule has 0 saturated carbocycles. The third-order valence-corrected chi connectivity index (χ3v) is 3.28. The molecule has 0 aliphatic heterocycles. The Balaban J connectivity index is 2.98. The van der Waals surface area contributed by atoms with Gasteiger partial charge in [0.15, 0.2) is 5.78 Å². The number of carboxylic acid groups (broad SMARTS) is 1. The summed E-state index contributed by atoms with van der Waals surface area (Å²) >= 11 is 0. The maximum Gasteiger partial charge on any atom is 0.405 e. The van der Waals surface area contributed by atoms with Crippen LogP contribution in [-0.2, 0) is 5.92 Å². The molecule has 2 N–H and O–H groups in total. The van der Waals surface area contributed by atoms with Crippen LogP contribution in [0.1, 0.15) is 49.5 Å². The van der Waals surface area contributed by atoms with Crippen LogP contribution < -0.4 is 5.32 Å². The van der Waals surface area contributed by atoms with E-state index in [-0.39, 0.29) is 12.0 Å². The summed E-state index contributed by atoms with van der Waals surface area (Å²) in [4.78, 5) is 21.8. The highest BCUT2D eigenvalue weighted by molar-refractivity contribution is 5.94. The maximum atomic E-state index is 14.2. The van der Waals surface area contributed by atoms with Gasteiger partial charge in [0.1, 0.15) is 5.82 Å². The normalized spacial score (nSPS) is 12.1. The van der Waals surface area contributed by atoms with Crippen molar-refractivity contribution in [2.45, 2.75) is 45.1 Å². The Hall–Kier alpha value is -2.05. The van der Waals surface area contributed by atoms with Gasteiger partial charge in [-0.2, -0.15) is 0 Å². The molecule has 0 fully saturated rings. The average molecular weight is 317 g/mol. The third-order valence-electron chi connectivity index (χ3n) is 3.28. The van der Waals surface area contributed by atoms with Crippen molar-refractivity contribution in [1.29, 1.82) is 0 Å². The van der Waals surface area contributed by atoms with E-state index < -0.39 is 41.1 Å². The van der Waals surface area contributed by atoms with Crippen molar-refractivity contribution in [3.05, 3.63) is 35.1 Å². The summed E-state index contributed by atoms with van der Waals surface area (Å²) in [5.74, 6) is -5.38. The molecule has 7 heteroatoms. The summed E-state index contributed by atoms with van der Waals surface area (Å²) in [5, 5.41) is 10.8. The second kappa shape index (κ2) is 6.37. The van der Waals surface area contributed by atoms with Crippen LogP contribution in [0.5, 0.6) is 0 Å². The number of nitrogens with one attached hydrogen (secondary N) is 1. The number of halogens is 3. The fourth-order valence-electron chi connectivity index (χ4n) is 2.04. The summed E-state index contributed by atoms with van der Waals surface area (Å²) in [6, 6.07) is 3.27.